The Bertz CT molecular complexity index is 2990. The van der Waals surface area contributed by atoms with Crippen LogP contribution in [-0.4, -0.2) is 9.97 Å². The first-order chi connectivity index (χ1) is 27.0. The van der Waals surface area contributed by atoms with Crippen LogP contribution in [0.5, 0.6) is 0 Å². The molecule has 1 aliphatic rings. The summed E-state index contributed by atoms with van der Waals surface area (Å²) in [5.41, 5.74) is 15.3. The van der Waals surface area contributed by atoms with Crippen molar-refractivity contribution in [1.82, 2.24) is 9.97 Å². The molecule has 0 fully saturated rings. The molecule has 3 heteroatoms. The van der Waals surface area contributed by atoms with E-state index in [1.807, 2.05) is 42.5 Å². The Labute approximate surface area is 320 Å². The zero-order chi connectivity index (χ0) is 37.1. The average Bonchev–Trinajstić information content (AvgIpc) is 3.47. The van der Waals surface area contributed by atoms with E-state index in [9.17, 15) is 5.26 Å². The van der Waals surface area contributed by atoms with Gasteiger partial charge in [-0.15, -0.1) is 0 Å². The van der Waals surface area contributed by atoms with Gasteiger partial charge in [0.25, 0.3) is 0 Å². The van der Waals surface area contributed by atoms with Crippen LogP contribution in [0.4, 0.5) is 0 Å². The predicted molar refractivity (Wildman–Crippen MR) is 227 cm³/mol. The summed E-state index contributed by atoms with van der Waals surface area (Å²) in [4.78, 5) is 10.3. The quantitative estimate of drug-likeness (QED) is 0.179. The van der Waals surface area contributed by atoms with E-state index in [0.29, 0.717) is 11.4 Å². The van der Waals surface area contributed by atoms with Gasteiger partial charge in [0.15, 0.2) is 5.82 Å². The van der Waals surface area contributed by atoms with Crippen molar-refractivity contribution in [3.63, 3.8) is 0 Å². The van der Waals surface area contributed by atoms with Crippen molar-refractivity contribution in [3.05, 3.63) is 193 Å². The number of aromatic nitrogens is 2. The third-order valence-electron chi connectivity index (χ3n) is 11.3. The van der Waals surface area contributed by atoms with Gasteiger partial charge in [-0.2, -0.15) is 5.26 Å². The molecule has 0 spiro atoms. The molecule has 0 amide bonds. The van der Waals surface area contributed by atoms with Crippen molar-refractivity contribution in [2.45, 2.75) is 19.3 Å². The highest BCUT2D eigenvalue weighted by molar-refractivity contribution is 6.08. The smallest absolute Gasteiger partial charge is 0.160 e. The molecule has 1 aromatic heterocycles. The molecule has 0 N–H and O–H groups in total. The second kappa shape index (κ2) is 12.8. The van der Waals surface area contributed by atoms with E-state index < -0.39 is 0 Å². The highest BCUT2D eigenvalue weighted by atomic mass is 14.9. The first-order valence-electron chi connectivity index (χ1n) is 18.7. The SMILES string of the molecule is CC1(C)c2cc3ccccc3cc2-c2c(-c3ccc(-c4cc(-c5ccc(-c6ccc(C#N)cc6)cc5)nc(-c5ccccc5)n4)c4ccccc34)cccc21. The van der Waals surface area contributed by atoms with Gasteiger partial charge in [0, 0.05) is 22.1 Å². The zero-order valence-electron chi connectivity index (χ0n) is 30.6. The number of rotatable bonds is 5. The Morgan fingerprint density at radius 1 is 0.436 bits per heavy atom. The maximum atomic E-state index is 9.25. The van der Waals surface area contributed by atoms with Crippen molar-refractivity contribution in [3.8, 4) is 73.4 Å². The number of fused-ring (bicyclic) bond motifs is 5. The molecule has 0 unspecified atom stereocenters. The molecular formula is C52H35N3. The lowest BCUT2D eigenvalue weighted by atomic mass is 9.81. The van der Waals surface area contributed by atoms with Crippen LogP contribution in [0.2, 0.25) is 0 Å². The molecule has 0 saturated heterocycles. The molecule has 0 aliphatic heterocycles. The highest BCUT2D eigenvalue weighted by Gasteiger charge is 2.37. The number of hydrogen-bond donors (Lipinski definition) is 0. The molecule has 8 aromatic carbocycles. The molecule has 0 saturated carbocycles. The van der Waals surface area contributed by atoms with Gasteiger partial charge >= 0.3 is 0 Å². The van der Waals surface area contributed by atoms with Crippen molar-refractivity contribution >= 4 is 21.5 Å². The highest BCUT2D eigenvalue weighted by Crippen LogP contribution is 2.54. The van der Waals surface area contributed by atoms with Gasteiger partial charge < -0.3 is 0 Å². The Morgan fingerprint density at radius 2 is 1.04 bits per heavy atom. The second-order valence-electron chi connectivity index (χ2n) is 14.9. The van der Waals surface area contributed by atoms with E-state index >= 15 is 0 Å². The molecular weight excluding hydrogens is 667 g/mol. The van der Waals surface area contributed by atoms with Crippen LogP contribution >= 0.6 is 0 Å². The van der Waals surface area contributed by atoms with Gasteiger partial charge in [-0.05, 0) is 96.4 Å². The average molecular weight is 702 g/mol. The minimum atomic E-state index is -0.119. The molecule has 10 rings (SSSR count). The zero-order valence-corrected chi connectivity index (χ0v) is 30.6. The van der Waals surface area contributed by atoms with E-state index in [4.69, 9.17) is 9.97 Å². The minimum absolute atomic E-state index is 0.119. The molecule has 55 heavy (non-hydrogen) atoms. The lowest BCUT2D eigenvalue weighted by molar-refractivity contribution is 0.661. The monoisotopic (exact) mass is 701 g/mol. The first-order valence-corrected chi connectivity index (χ1v) is 18.7. The van der Waals surface area contributed by atoms with E-state index in [1.54, 1.807) is 0 Å². The summed E-state index contributed by atoms with van der Waals surface area (Å²) in [5.74, 6) is 0.685. The number of nitriles is 1. The van der Waals surface area contributed by atoms with Gasteiger partial charge in [0.1, 0.15) is 0 Å². The lowest BCUT2D eigenvalue weighted by Gasteiger charge is -2.22. The van der Waals surface area contributed by atoms with Gasteiger partial charge in [-0.25, -0.2) is 9.97 Å². The summed E-state index contributed by atoms with van der Waals surface area (Å²) in [6.45, 7) is 4.71. The largest absolute Gasteiger partial charge is 0.228 e. The normalized spacial score (nSPS) is 12.7. The van der Waals surface area contributed by atoms with Crippen LogP contribution in [0.25, 0.3) is 88.8 Å². The Kier molecular flexibility index (Phi) is 7.54. The third-order valence-corrected chi connectivity index (χ3v) is 11.3. The van der Waals surface area contributed by atoms with Gasteiger partial charge in [-0.3, -0.25) is 0 Å². The topological polar surface area (TPSA) is 49.6 Å². The summed E-state index contributed by atoms with van der Waals surface area (Å²) >= 11 is 0. The number of benzene rings is 8. The van der Waals surface area contributed by atoms with Crippen molar-refractivity contribution in [1.29, 1.82) is 5.26 Å². The van der Waals surface area contributed by atoms with Crippen LogP contribution < -0.4 is 0 Å². The summed E-state index contributed by atoms with van der Waals surface area (Å²) in [6, 6.07) is 64.3. The van der Waals surface area contributed by atoms with Gasteiger partial charge in [-0.1, -0.05) is 159 Å². The van der Waals surface area contributed by atoms with Gasteiger partial charge in [0.05, 0.1) is 23.0 Å². The predicted octanol–water partition coefficient (Wildman–Crippen LogP) is 13.3. The molecule has 0 bridgehead atoms. The number of hydrogen-bond acceptors (Lipinski definition) is 3. The fourth-order valence-corrected chi connectivity index (χ4v) is 8.47. The summed E-state index contributed by atoms with van der Waals surface area (Å²) in [7, 11) is 0. The standard InChI is InChI=1S/C52H35N3/c1-52(2)46-18-10-17-44(50(46)45-29-38-13-6-7-14-39(38)30-47(45)52)42-27-28-43(41-16-9-8-15-40(41)42)49-31-48(54-51(55-49)37-11-4-3-5-12-37)36-25-23-35(24-26-36)34-21-19-33(32-53)20-22-34/h3-31H,1-2H3. The summed E-state index contributed by atoms with van der Waals surface area (Å²) in [6.07, 6.45) is 0. The van der Waals surface area contributed by atoms with E-state index in [1.165, 1.54) is 49.5 Å². The molecule has 1 heterocycles. The van der Waals surface area contributed by atoms with Crippen molar-refractivity contribution in [2.75, 3.05) is 0 Å². The number of nitrogens with zero attached hydrogens (tertiary/aromatic N) is 3. The van der Waals surface area contributed by atoms with Crippen LogP contribution in [0.3, 0.4) is 0 Å². The minimum Gasteiger partial charge on any atom is -0.228 e. The Morgan fingerprint density at radius 3 is 1.76 bits per heavy atom. The molecule has 3 nitrogen and oxygen atoms in total. The maximum absolute atomic E-state index is 9.25. The van der Waals surface area contributed by atoms with Gasteiger partial charge in [0.2, 0.25) is 0 Å². The van der Waals surface area contributed by atoms with Crippen LogP contribution in [0, 0.1) is 11.3 Å². The van der Waals surface area contributed by atoms with E-state index in [0.717, 1.165) is 44.6 Å². The van der Waals surface area contributed by atoms with E-state index in [2.05, 4.69) is 153 Å². The fourth-order valence-electron chi connectivity index (χ4n) is 8.47. The van der Waals surface area contributed by atoms with Crippen LogP contribution in [-0.2, 0) is 5.41 Å². The van der Waals surface area contributed by atoms with Crippen molar-refractivity contribution in [2.24, 2.45) is 0 Å². The fraction of sp³-hybridized carbons (Fsp3) is 0.0577. The van der Waals surface area contributed by atoms with Crippen LogP contribution in [0.1, 0.15) is 30.5 Å². The van der Waals surface area contributed by atoms with Crippen molar-refractivity contribution < 1.29 is 0 Å². The summed E-state index contributed by atoms with van der Waals surface area (Å²) in [5, 5.41) is 14.1. The second-order valence-corrected chi connectivity index (χ2v) is 14.9. The molecule has 258 valence electrons. The first kappa shape index (κ1) is 32.5. The Hall–Kier alpha value is -7.15. The lowest BCUT2D eigenvalue weighted by Crippen LogP contribution is -2.14. The summed E-state index contributed by atoms with van der Waals surface area (Å²) < 4.78 is 0. The molecule has 9 aromatic rings. The Balaban J connectivity index is 1.13. The maximum Gasteiger partial charge on any atom is 0.160 e. The third kappa shape index (κ3) is 5.42. The van der Waals surface area contributed by atoms with Crippen LogP contribution in [0.15, 0.2) is 176 Å². The molecule has 1 aliphatic carbocycles. The molecule has 0 radical (unpaired) electrons. The molecule has 0 atom stereocenters. The van der Waals surface area contributed by atoms with E-state index in [-0.39, 0.29) is 5.41 Å².